The third-order valence-electron chi connectivity index (χ3n) is 5.11. The number of nitrogens with one attached hydrogen (secondary N) is 1. The molecule has 0 aliphatic carbocycles. The van der Waals surface area contributed by atoms with Gasteiger partial charge in [-0.25, -0.2) is 4.79 Å². The Morgan fingerprint density at radius 3 is 2.57 bits per heavy atom. The molecule has 1 fully saturated rings. The Hall–Kier alpha value is -2.60. The maximum absolute atomic E-state index is 12.8. The Labute approximate surface area is 165 Å². The summed E-state index contributed by atoms with van der Waals surface area (Å²) in [5, 5.41) is 2.77. The van der Waals surface area contributed by atoms with E-state index in [0.717, 1.165) is 42.9 Å². The van der Waals surface area contributed by atoms with Crippen molar-refractivity contribution in [3.8, 4) is 0 Å². The van der Waals surface area contributed by atoms with Crippen LogP contribution in [0.4, 0.5) is 0 Å². The molecule has 0 bridgehead atoms. The number of rotatable bonds is 8. The highest BCUT2D eigenvalue weighted by molar-refractivity contribution is 5.94. The van der Waals surface area contributed by atoms with E-state index >= 15 is 0 Å². The normalized spacial score (nSPS) is 15.4. The molecule has 1 aromatic carbocycles. The molecule has 0 saturated carbocycles. The SMILES string of the molecule is CCc1oc(C(=O)N[C@@H](Cc2ccccc2)C(=O)OC)cc1CN1CCCC1. The van der Waals surface area contributed by atoms with Gasteiger partial charge >= 0.3 is 5.97 Å². The van der Waals surface area contributed by atoms with E-state index in [0.29, 0.717) is 6.42 Å². The molecule has 1 saturated heterocycles. The zero-order chi connectivity index (χ0) is 19.9. The van der Waals surface area contributed by atoms with Gasteiger partial charge in [0, 0.05) is 24.9 Å². The number of amides is 1. The maximum atomic E-state index is 12.8. The first-order valence-corrected chi connectivity index (χ1v) is 9.87. The largest absolute Gasteiger partial charge is 0.467 e. The van der Waals surface area contributed by atoms with E-state index in [2.05, 4.69) is 10.2 Å². The van der Waals surface area contributed by atoms with Gasteiger partial charge in [0.05, 0.1) is 7.11 Å². The number of ether oxygens (including phenoxy) is 1. The van der Waals surface area contributed by atoms with Crippen LogP contribution in [-0.2, 0) is 28.9 Å². The van der Waals surface area contributed by atoms with Gasteiger partial charge in [-0.15, -0.1) is 0 Å². The molecule has 1 aromatic heterocycles. The second-order valence-corrected chi connectivity index (χ2v) is 7.13. The van der Waals surface area contributed by atoms with Gasteiger partial charge in [-0.05, 0) is 37.6 Å². The number of methoxy groups -OCH3 is 1. The van der Waals surface area contributed by atoms with Gasteiger partial charge in [-0.3, -0.25) is 9.69 Å². The number of aryl methyl sites for hydroxylation is 1. The summed E-state index contributed by atoms with van der Waals surface area (Å²) in [7, 11) is 1.32. The third kappa shape index (κ3) is 5.01. The number of furan rings is 1. The average Bonchev–Trinajstić information content (AvgIpc) is 3.37. The van der Waals surface area contributed by atoms with E-state index in [9.17, 15) is 9.59 Å². The summed E-state index contributed by atoms with van der Waals surface area (Å²) in [6.07, 6.45) is 3.52. The number of nitrogens with zero attached hydrogens (tertiary/aromatic N) is 1. The van der Waals surface area contributed by atoms with E-state index in [1.807, 2.05) is 43.3 Å². The van der Waals surface area contributed by atoms with Crippen LogP contribution < -0.4 is 5.32 Å². The molecule has 1 N–H and O–H groups in total. The summed E-state index contributed by atoms with van der Waals surface area (Å²) >= 11 is 0. The fraction of sp³-hybridized carbons (Fsp3) is 0.455. The lowest BCUT2D eigenvalue weighted by Gasteiger charge is -2.15. The molecule has 150 valence electrons. The maximum Gasteiger partial charge on any atom is 0.328 e. The van der Waals surface area contributed by atoms with E-state index in [1.54, 1.807) is 0 Å². The molecule has 6 nitrogen and oxygen atoms in total. The van der Waals surface area contributed by atoms with Crippen LogP contribution in [0.3, 0.4) is 0 Å². The van der Waals surface area contributed by atoms with Crippen LogP contribution in [-0.4, -0.2) is 43.0 Å². The number of esters is 1. The summed E-state index contributed by atoms with van der Waals surface area (Å²) in [5.41, 5.74) is 1.99. The Kier molecular flexibility index (Phi) is 6.87. The molecular weight excluding hydrogens is 356 g/mol. The minimum Gasteiger partial charge on any atom is -0.467 e. The Bertz CT molecular complexity index is 794. The van der Waals surface area contributed by atoms with Crippen molar-refractivity contribution in [1.29, 1.82) is 0 Å². The molecular formula is C22H28N2O4. The summed E-state index contributed by atoms with van der Waals surface area (Å²) in [6.45, 7) is 4.97. The van der Waals surface area contributed by atoms with Gasteiger partial charge < -0.3 is 14.5 Å². The number of benzene rings is 1. The molecule has 1 amide bonds. The fourth-order valence-corrected chi connectivity index (χ4v) is 3.61. The Balaban J connectivity index is 1.71. The predicted molar refractivity (Wildman–Crippen MR) is 106 cm³/mol. The zero-order valence-electron chi connectivity index (χ0n) is 16.6. The van der Waals surface area contributed by atoms with Crippen LogP contribution in [0.1, 0.15) is 47.2 Å². The van der Waals surface area contributed by atoms with Crippen molar-refractivity contribution in [3.05, 3.63) is 59.0 Å². The molecule has 2 heterocycles. The van der Waals surface area contributed by atoms with Crippen molar-refractivity contribution in [2.24, 2.45) is 0 Å². The van der Waals surface area contributed by atoms with Crippen LogP contribution in [0.25, 0.3) is 0 Å². The van der Waals surface area contributed by atoms with E-state index < -0.39 is 17.9 Å². The van der Waals surface area contributed by atoms with Crippen molar-refractivity contribution < 1.29 is 18.7 Å². The highest BCUT2D eigenvalue weighted by atomic mass is 16.5. The summed E-state index contributed by atoms with van der Waals surface area (Å²) < 4.78 is 10.7. The summed E-state index contributed by atoms with van der Waals surface area (Å²) in [5.74, 6) is 0.202. The average molecular weight is 384 g/mol. The molecule has 1 aliphatic heterocycles. The van der Waals surface area contributed by atoms with Crippen LogP contribution in [0.15, 0.2) is 40.8 Å². The second-order valence-electron chi connectivity index (χ2n) is 7.13. The highest BCUT2D eigenvalue weighted by Gasteiger charge is 2.25. The van der Waals surface area contributed by atoms with Gasteiger partial charge in [0.2, 0.25) is 0 Å². The highest BCUT2D eigenvalue weighted by Crippen LogP contribution is 2.21. The van der Waals surface area contributed by atoms with Crippen LogP contribution in [0.5, 0.6) is 0 Å². The van der Waals surface area contributed by atoms with Gasteiger partial charge in [0.25, 0.3) is 5.91 Å². The number of hydrogen-bond acceptors (Lipinski definition) is 5. The minimum absolute atomic E-state index is 0.244. The van der Waals surface area contributed by atoms with Gasteiger partial charge in [0.1, 0.15) is 11.8 Å². The van der Waals surface area contributed by atoms with E-state index in [4.69, 9.17) is 9.15 Å². The Morgan fingerprint density at radius 2 is 1.93 bits per heavy atom. The molecule has 0 unspecified atom stereocenters. The Morgan fingerprint density at radius 1 is 1.21 bits per heavy atom. The molecule has 6 heteroatoms. The molecule has 2 aromatic rings. The topological polar surface area (TPSA) is 71.8 Å². The molecule has 1 atom stereocenters. The second kappa shape index (κ2) is 9.55. The number of carbonyl (C=O) groups is 2. The summed E-state index contributed by atoms with van der Waals surface area (Å²) in [6, 6.07) is 10.6. The first-order chi connectivity index (χ1) is 13.6. The molecule has 1 aliphatic rings. The quantitative estimate of drug-likeness (QED) is 0.709. The molecule has 0 spiro atoms. The molecule has 0 radical (unpaired) electrons. The van der Waals surface area contributed by atoms with E-state index in [-0.39, 0.29) is 5.76 Å². The summed E-state index contributed by atoms with van der Waals surface area (Å²) in [4.78, 5) is 27.3. The van der Waals surface area contributed by atoms with Crippen LogP contribution in [0, 0.1) is 0 Å². The smallest absolute Gasteiger partial charge is 0.328 e. The predicted octanol–water partition coefficient (Wildman–Crippen LogP) is 2.95. The number of hydrogen-bond donors (Lipinski definition) is 1. The van der Waals surface area contributed by atoms with Gasteiger partial charge in [0.15, 0.2) is 5.76 Å². The van der Waals surface area contributed by atoms with Crippen LogP contribution in [0.2, 0.25) is 0 Å². The minimum atomic E-state index is -0.767. The van der Waals surface area contributed by atoms with Gasteiger partial charge in [-0.2, -0.15) is 0 Å². The first-order valence-electron chi connectivity index (χ1n) is 9.87. The number of carbonyl (C=O) groups excluding carboxylic acids is 2. The van der Waals surface area contributed by atoms with Crippen molar-refractivity contribution in [3.63, 3.8) is 0 Å². The van der Waals surface area contributed by atoms with E-state index in [1.165, 1.54) is 20.0 Å². The lowest BCUT2D eigenvalue weighted by atomic mass is 10.1. The van der Waals surface area contributed by atoms with Crippen LogP contribution >= 0.6 is 0 Å². The molecule has 3 rings (SSSR count). The first kappa shape index (κ1) is 20.1. The van der Waals surface area contributed by atoms with Crippen molar-refractivity contribution in [2.45, 2.75) is 45.2 Å². The van der Waals surface area contributed by atoms with Gasteiger partial charge in [-0.1, -0.05) is 37.3 Å². The lowest BCUT2D eigenvalue weighted by Crippen LogP contribution is -2.43. The van der Waals surface area contributed by atoms with Crippen molar-refractivity contribution in [1.82, 2.24) is 10.2 Å². The van der Waals surface area contributed by atoms with Crippen molar-refractivity contribution >= 4 is 11.9 Å². The fourth-order valence-electron chi connectivity index (χ4n) is 3.61. The number of likely N-dealkylation sites (tertiary alicyclic amines) is 1. The third-order valence-corrected chi connectivity index (χ3v) is 5.11. The monoisotopic (exact) mass is 384 g/mol. The molecule has 28 heavy (non-hydrogen) atoms. The van der Waals surface area contributed by atoms with Crippen molar-refractivity contribution in [2.75, 3.05) is 20.2 Å². The standard InChI is InChI=1S/C22H28N2O4/c1-3-19-17(15-24-11-7-8-12-24)14-20(28-19)21(25)23-18(22(26)27-2)13-16-9-5-4-6-10-16/h4-6,9-10,14,18H,3,7-8,11-13,15H2,1-2H3,(H,23,25)/t18-/m0/s1. The lowest BCUT2D eigenvalue weighted by molar-refractivity contribution is -0.142. The zero-order valence-corrected chi connectivity index (χ0v) is 16.6.